The van der Waals surface area contributed by atoms with Crippen LogP contribution in [0.4, 0.5) is 10.5 Å². The third-order valence-corrected chi connectivity index (χ3v) is 3.79. The first-order chi connectivity index (χ1) is 11.9. The summed E-state index contributed by atoms with van der Waals surface area (Å²) in [7, 11) is 0. The van der Waals surface area contributed by atoms with E-state index in [1.807, 2.05) is 19.9 Å². The average molecular weight is 351 g/mol. The number of ether oxygens (including phenoxy) is 1. The van der Waals surface area contributed by atoms with Crippen molar-refractivity contribution in [2.24, 2.45) is 0 Å². The number of benzene rings is 1. The SMILES string of the molecule is CC(C)NC(=O)C[C@@H]1O[C@H](CNC(=O)Nc2ccccc2)[C@@H](O)[C@H]1O. The molecule has 3 amide bonds. The van der Waals surface area contributed by atoms with Crippen molar-refractivity contribution in [2.75, 3.05) is 11.9 Å². The highest BCUT2D eigenvalue weighted by Gasteiger charge is 2.43. The van der Waals surface area contributed by atoms with E-state index < -0.39 is 30.4 Å². The Morgan fingerprint density at radius 3 is 2.40 bits per heavy atom. The summed E-state index contributed by atoms with van der Waals surface area (Å²) in [6, 6.07) is 8.45. The Hall–Kier alpha value is -2.16. The van der Waals surface area contributed by atoms with Gasteiger partial charge in [0.15, 0.2) is 0 Å². The molecule has 0 saturated carbocycles. The quantitative estimate of drug-likeness (QED) is 0.502. The van der Waals surface area contributed by atoms with Crippen LogP contribution in [0.15, 0.2) is 30.3 Å². The van der Waals surface area contributed by atoms with Gasteiger partial charge in [-0.25, -0.2) is 4.79 Å². The number of hydrogen-bond acceptors (Lipinski definition) is 5. The monoisotopic (exact) mass is 351 g/mol. The number of para-hydroxylation sites is 1. The number of rotatable bonds is 6. The van der Waals surface area contributed by atoms with E-state index >= 15 is 0 Å². The molecule has 1 aromatic rings. The average Bonchev–Trinajstić information content (AvgIpc) is 2.81. The maximum absolute atomic E-state index is 11.9. The zero-order valence-electron chi connectivity index (χ0n) is 14.3. The molecule has 8 heteroatoms. The number of carbonyl (C=O) groups excluding carboxylic acids is 2. The van der Waals surface area contributed by atoms with Gasteiger partial charge in [0.2, 0.25) is 5.91 Å². The van der Waals surface area contributed by atoms with E-state index in [1.165, 1.54) is 0 Å². The second-order valence-corrected chi connectivity index (χ2v) is 6.32. The molecule has 1 aromatic carbocycles. The van der Waals surface area contributed by atoms with Gasteiger partial charge in [0, 0.05) is 18.3 Å². The first kappa shape index (κ1) is 19.2. The molecule has 1 fully saturated rings. The topological polar surface area (TPSA) is 120 Å². The summed E-state index contributed by atoms with van der Waals surface area (Å²) in [6.45, 7) is 3.67. The standard InChI is InChI=1S/C17H25N3O5/c1-10(2)19-14(21)8-12-15(22)16(23)13(25-12)9-18-17(24)20-11-6-4-3-5-7-11/h3-7,10,12-13,15-16,22-23H,8-9H2,1-2H3,(H,19,21)(H2,18,20,24)/t12-,13+,15-,16+/m0/s1. The van der Waals surface area contributed by atoms with Gasteiger partial charge in [-0.3, -0.25) is 4.79 Å². The summed E-state index contributed by atoms with van der Waals surface area (Å²) in [6.07, 6.45) is -4.00. The normalized spacial score (nSPS) is 25.6. The maximum Gasteiger partial charge on any atom is 0.319 e. The summed E-state index contributed by atoms with van der Waals surface area (Å²) in [5.74, 6) is -0.262. The number of nitrogens with one attached hydrogen (secondary N) is 3. The van der Waals surface area contributed by atoms with Crippen LogP contribution < -0.4 is 16.0 Å². The summed E-state index contributed by atoms with van der Waals surface area (Å²) in [5.41, 5.74) is 0.635. The second kappa shape index (κ2) is 8.80. The number of anilines is 1. The summed E-state index contributed by atoms with van der Waals surface area (Å²) >= 11 is 0. The number of hydrogen-bond donors (Lipinski definition) is 5. The molecule has 8 nitrogen and oxygen atoms in total. The molecule has 1 saturated heterocycles. The van der Waals surface area contributed by atoms with Gasteiger partial charge in [0.1, 0.15) is 18.3 Å². The van der Waals surface area contributed by atoms with Crippen molar-refractivity contribution in [1.29, 1.82) is 0 Å². The number of aliphatic hydroxyl groups excluding tert-OH is 2. The Bertz CT molecular complexity index is 581. The van der Waals surface area contributed by atoms with Crippen LogP contribution in [-0.4, -0.2) is 59.2 Å². The molecular weight excluding hydrogens is 326 g/mol. The van der Waals surface area contributed by atoms with Crippen LogP contribution in [0.25, 0.3) is 0 Å². The molecule has 0 bridgehead atoms. The van der Waals surface area contributed by atoms with Crippen molar-refractivity contribution in [2.45, 2.75) is 50.7 Å². The first-order valence-corrected chi connectivity index (χ1v) is 8.27. The molecule has 0 unspecified atom stereocenters. The zero-order valence-corrected chi connectivity index (χ0v) is 14.3. The van der Waals surface area contributed by atoms with Gasteiger partial charge in [-0.15, -0.1) is 0 Å². The Kier molecular flexibility index (Phi) is 6.74. The summed E-state index contributed by atoms with van der Waals surface area (Å²) < 4.78 is 5.54. The van der Waals surface area contributed by atoms with E-state index in [4.69, 9.17) is 4.74 Å². The number of urea groups is 1. The highest BCUT2D eigenvalue weighted by molar-refractivity contribution is 5.89. The van der Waals surface area contributed by atoms with Crippen LogP contribution in [0.5, 0.6) is 0 Å². The van der Waals surface area contributed by atoms with Crippen molar-refractivity contribution in [1.82, 2.24) is 10.6 Å². The first-order valence-electron chi connectivity index (χ1n) is 8.27. The fourth-order valence-electron chi connectivity index (χ4n) is 2.62. The zero-order chi connectivity index (χ0) is 18.4. The molecule has 2 rings (SSSR count). The van der Waals surface area contributed by atoms with Crippen molar-refractivity contribution >= 4 is 17.6 Å². The minimum absolute atomic E-state index is 0.0131. The molecule has 138 valence electrons. The third-order valence-electron chi connectivity index (χ3n) is 3.79. The molecule has 25 heavy (non-hydrogen) atoms. The minimum atomic E-state index is -1.18. The fraction of sp³-hybridized carbons (Fsp3) is 0.529. The predicted octanol–water partition coefficient (Wildman–Crippen LogP) is 0.212. The Balaban J connectivity index is 1.80. The van der Waals surface area contributed by atoms with Crippen LogP contribution in [0.2, 0.25) is 0 Å². The van der Waals surface area contributed by atoms with Gasteiger partial charge in [0.05, 0.1) is 12.5 Å². The summed E-state index contributed by atoms with van der Waals surface area (Å²) in [5, 5.41) is 28.0. The van der Waals surface area contributed by atoms with E-state index in [2.05, 4.69) is 16.0 Å². The Morgan fingerprint density at radius 1 is 1.12 bits per heavy atom. The molecular formula is C17H25N3O5. The molecule has 1 heterocycles. The molecule has 4 atom stereocenters. The molecule has 5 N–H and O–H groups in total. The minimum Gasteiger partial charge on any atom is -0.388 e. The Morgan fingerprint density at radius 2 is 1.76 bits per heavy atom. The third kappa shape index (κ3) is 5.70. The van der Waals surface area contributed by atoms with Crippen molar-refractivity contribution in [3.63, 3.8) is 0 Å². The van der Waals surface area contributed by atoms with Gasteiger partial charge in [-0.1, -0.05) is 18.2 Å². The lowest BCUT2D eigenvalue weighted by Crippen LogP contribution is -2.41. The lowest BCUT2D eigenvalue weighted by Gasteiger charge is -2.16. The van der Waals surface area contributed by atoms with Gasteiger partial charge in [0.25, 0.3) is 0 Å². The van der Waals surface area contributed by atoms with Crippen molar-refractivity contribution in [3.8, 4) is 0 Å². The highest BCUT2D eigenvalue weighted by atomic mass is 16.5. The van der Waals surface area contributed by atoms with Crippen LogP contribution in [0, 0.1) is 0 Å². The van der Waals surface area contributed by atoms with Crippen LogP contribution >= 0.6 is 0 Å². The van der Waals surface area contributed by atoms with Crippen molar-refractivity contribution < 1.29 is 24.5 Å². The van der Waals surface area contributed by atoms with E-state index in [0.29, 0.717) is 5.69 Å². The van der Waals surface area contributed by atoms with Crippen LogP contribution in [0.3, 0.4) is 0 Å². The van der Waals surface area contributed by atoms with E-state index in [-0.39, 0.29) is 24.9 Å². The van der Waals surface area contributed by atoms with Crippen LogP contribution in [0.1, 0.15) is 20.3 Å². The number of aliphatic hydroxyl groups is 2. The molecule has 0 spiro atoms. The van der Waals surface area contributed by atoms with E-state index in [9.17, 15) is 19.8 Å². The van der Waals surface area contributed by atoms with Gasteiger partial charge in [-0.05, 0) is 26.0 Å². The fourth-order valence-corrected chi connectivity index (χ4v) is 2.62. The second-order valence-electron chi connectivity index (χ2n) is 6.32. The summed E-state index contributed by atoms with van der Waals surface area (Å²) in [4.78, 5) is 23.6. The van der Waals surface area contributed by atoms with Crippen molar-refractivity contribution in [3.05, 3.63) is 30.3 Å². The number of carbonyl (C=O) groups is 2. The molecule has 1 aliphatic rings. The van der Waals surface area contributed by atoms with E-state index in [0.717, 1.165) is 0 Å². The van der Waals surface area contributed by atoms with E-state index in [1.54, 1.807) is 24.3 Å². The Labute approximate surface area is 146 Å². The van der Waals surface area contributed by atoms with Gasteiger partial charge < -0.3 is 30.9 Å². The highest BCUT2D eigenvalue weighted by Crippen LogP contribution is 2.23. The largest absolute Gasteiger partial charge is 0.388 e. The van der Waals surface area contributed by atoms with Gasteiger partial charge in [-0.2, -0.15) is 0 Å². The molecule has 1 aliphatic heterocycles. The lowest BCUT2D eigenvalue weighted by molar-refractivity contribution is -0.125. The number of amides is 3. The van der Waals surface area contributed by atoms with Gasteiger partial charge >= 0.3 is 6.03 Å². The lowest BCUT2D eigenvalue weighted by atomic mass is 10.1. The molecule has 0 aliphatic carbocycles. The van der Waals surface area contributed by atoms with Crippen LogP contribution in [-0.2, 0) is 9.53 Å². The molecule has 0 aromatic heterocycles. The predicted molar refractivity (Wildman–Crippen MR) is 92.0 cm³/mol. The smallest absolute Gasteiger partial charge is 0.319 e. The maximum atomic E-state index is 11.9. The molecule has 0 radical (unpaired) electrons.